The first kappa shape index (κ1) is 27.7. The molecule has 0 aliphatic rings. The Hall–Kier alpha value is -4.28. The Bertz CT molecular complexity index is 1470. The lowest BCUT2D eigenvalue weighted by Crippen LogP contribution is -2.41. The summed E-state index contributed by atoms with van der Waals surface area (Å²) in [6, 6.07) is 14.8. The first-order valence-corrected chi connectivity index (χ1v) is 12.2. The van der Waals surface area contributed by atoms with Gasteiger partial charge >= 0.3 is 0 Å². The van der Waals surface area contributed by atoms with Crippen molar-refractivity contribution in [3.05, 3.63) is 89.2 Å². The van der Waals surface area contributed by atoms with Crippen LogP contribution in [0.4, 0.5) is 8.78 Å². The van der Waals surface area contributed by atoms with Crippen molar-refractivity contribution in [2.75, 3.05) is 26.8 Å². The van der Waals surface area contributed by atoms with Gasteiger partial charge in [0.15, 0.2) is 11.6 Å². The second-order valence-corrected chi connectivity index (χ2v) is 8.89. The molecule has 0 atom stereocenters. The number of fused-ring (bicyclic) bond motifs is 1. The summed E-state index contributed by atoms with van der Waals surface area (Å²) in [5, 5.41) is 9.28. The highest BCUT2D eigenvalue weighted by Crippen LogP contribution is 2.35. The lowest BCUT2D eigenvalue weighted by molar-refractivity contribution is -0.132. The number of aryl methyl sites for hydroxylation is 1. The average molecular weight is 539 g/mol. The highest BCUT2D eigenvalue weighted by Gasteiger charge is 2.20. The number of aliphatic hydroxyl groups excluding tert-OH is 1. The van der Waals surface area contributed by atoms with Gasteiger partial charge in [0, 0.05) is 24.3 Å². The Balaban J connectivity index is 1.46. The molecule has 10 heteroatoms. The predicted octanol–water partition coefficient (Wildman–Crippen LogP) is 4.77. The molecule has 0 saturated heterocycles. The third-order valence-corrected chi connectivity index (χ3v) is 6.09. The molecule has 2 amide bonds. The second kappa shape index (κ2) is 12.5. The van der Waals surface area contributed by atoms with Crippen LogP contribution in [-0.4, -0.2) is 48.6 Å². The van der Waals surface area contributed by atoms with Gasteiger partial charge in [0.1, 0.15) is 24.5 Å². The predicted molar refractivity (Wildman–Crippen MR) is 140 cm³/mol. The molecule has 8 nitrogen and oxygen atoms in total. The molecule has 0 spiro atoms. The van der Waals surface area contributed by atoms with E-state index >= 15 is 0 Å². The molecular formula is C29H28F2N2O6. The first-order chi connectivity index (χ1) is 18.8. The highest BCUT2D eigenvalue weighted by molar-refractivity contribution is 5.97. The van der Waals surface area contributed by atoms with Crippen LogP contribution in [0.5, 0.6) is 5.75 Å². The Kier molecular flexibility index (Phi) is 8.90. The van der Waals surface area contributed by atoms with Gasteiger partial charge in [0.25, 0.3) is 11.8 Å². The third kappa shape index (κ3) is 6.42. The zero-order chi connectivity index (χ0) is 27.9. The number of furan rings is 1. The maximum Gasteiger partial charge on any atom is 0.263 e. The molecule has 204 valence electrons. The molecule has 39 heavy (non-hydrogen) atoms. The number of hydroxylamine groups is 1. The van der Waals surface area contributed by atoms with E-state index in [4.69, 9.17) is 14.3 Å². The van der Waals surface area contributed by atoms with E-state index in [-0.39, 0.29) is 43.2 Å². The number of carbonyl (C=O) groups excluding carboxylic acids is 2. The van der Waals surface area contributed by atoms with Crippen LogP contribution in [0.25, 0.3) is 22.1 Å². The van der Waals surface area contributed by atoms with Crippen molar-refractivity contribution in [2.45, 2.75) is 20.0 Å². The fraction of sp³-hybridized carbons (Fsp3) is 0.241. The van der Waals surface area contributed by atoms with Crippen LogP contribution < -0.4 is 10.2 Å². The lowest BCUT2D eigenvalue weighted by Gasteiger charge is -2.22. The van der Waals surface area contributed by atoms with Gasteiger partial charge in [0.2, 0.25) is 0 Å². The number of hydrogen-bond acceptors (Lipinski definition) is 6. The number of benzene rings is 3. The number of nitrogens with zero attached hydrogens (tertiary/aromatic N) is 1. The van der Waals surface area contributed by atoms with Gasteiger partial charge in [-0.1, -0.05) is 24.3 Å². The lowest BCUT2D eigenvalue weighted by atomic mass is 10.0. The molecule has 1 heterocycles. The van der Waals surface area contributed by atoms with Gasteiger partial charge < -0.3 is 19.2 Å². The molecule has 2 N–H and O–H groups in total. The summed E-state index contributed by atoms with van der Waals surface area (Å²) in [5.41, 5.74) is 5.12. The molecule has 0 radical (unpaired) electrons. The molecule has 0 aliphatic carbocycles. The highest BCUT2D eigenvalue weighted by atomic mass is 19.2. The van der Waals surface area contributed by atoms with E-state index in [1.54, 1.807) is 55.5 Å². The molecule has 3 aromatic carbocycles. The zero-order valence-corrected chi connectivity index (χ0v) is 21.5. The summed E-state index contributed by atoms with van der Waals surface area (Å²) in [6.45, 7) is 1.67. The van der Waals surface area contributed by atoms with E-state index in [2.05, 4.69) is 10.3 Å². The number of carbonyl (C=O) groups is 2. The van der Waals surface area contributed by atoms with E-state index in [0.717, 1.165) is 11.6 Å². The molecule has 0 fully saturated rings. The minimum absolute atomic E-state index is 0.119. The molecular weight excluding hydrogens is 510 g/mol. The molecule has 4 rings (SSSR count). The maximum absolute atomic E-state index is 14.3. The molecule has 1 aromatic heterocycles. The largest absolute Gasteiger partial charge is 0.489 e. The number of amides is 2. The Labute approximate surface area is 223 Å². The fourth-order valence-electron chi connectivity index (χ4n) is 4.21. The summed E-state index contributed by atoms with van der Waals surface area (Å²) < 4.78 is 39.9. The Morgan fingerprint density at radius 3 is 2.59 bits per heavy atom. The SMILES string of the molecule is CONC(=O)CN(CCCO)C(=O)c1cccc(COc2ccc(-c3cc(F)c(F)c4c(C)coc34)cc2)c1. The molecule has 4 aromatic rings. The minimum atomic E-state index is -0.953. The van der Waals surface area contributed by atoms with Gasteiger partial charge in [-0.2, -0.15) is 0 Å². The van der Waals surface area contributed by atoms with E-state index in [1.165, 1.54) is 18.3 Å². The van der Waals surface area contributed by atoms with Crippen molar-refractivity contribution in [1.29, 1.82) is 0 Å². The van der Waals surface area contributed by atoms with Crippen LogP contribution in [0.1, 0.15) is 27.9 Å². The molecule has 0 saturated carbocycles. The monoisotopic (exact) mass is 538 g/mol. The smallest absolute Gasteiger partial charge is 0.263 e. The standard InChI is InChI=1S/C29H28F2N2O6/c1-18-16-39-28-23(14-24(30)27(31)26(18)28)20-7-9-22(10-8-20)38-17-19-5-3-6-21(13-19)29(36)33(11-4-12-34)15-25(35)32-37-2/h3,5-10,13-14,16,34H,4,11-12,15,17H2,1-2H3,(H,32,35). The van der Waals surface area contributed by atoms with Crippen molar-refractivity contribution in [3.63, 3.8) is 0 Å². The number of rotatable bonds is 11. The number of nitrogens with one attached hydrogen (secondary N) is 1. The first-order valence-electron chi connectivity index (χ1n) is 12.2. The summed E-state index contributed by atoms with van der Waals surface area (Å²) in [4.78, 5) is 30.9. The van der Waals surface area contributed by atoms with Crippen LogP contribution in [0.2, 0.25) is 0 Å². The number of halogens is 2. The van der Waals surface area contributed by atoms with E-state index < -0.39 is 17.5 Å². The number of aliphatic hydroxyl groups is 1. The van der Waals surface area contributed by atoms with Crippen LogP contribution in [0.3, 0.4) is 0 Å². The average Bonchev–Trinajstić information content (AvgIpc) is 3.33. The van der Waals surface area contributed by atoms with Crippen molar-refractivity contribution in [3.8, 4) is 16.9 Å². The van der Waals surface area contributed by atoms with Crippen molar-refractivity contribution in [2.24, 2.45) is 0 Å². The summed E-state index contributed by atoms with van der Waals surface area (Å²) in [6.07, 6.45) is 1.72. The quantitative estimate of drug-likeness (QED) is 0.267. The zero-order valence-electron chi connectivity index (χ0n) is 21.5. The summed E-state index contributed by atoms with van der Waals surface area (Å²) in [5.74, 6) is -2.21. The van der Waals surface area contributed by atoms with E-state index in [9.17, 15) is 18.4 Å². The minimum Gasteiger partial charge on any atom is -0.489 e. The number of ether oxygens (including phenoxy) is 1. The van der Waals surface area contributed by atoms with Gasteiger partial charge in [-0.25, -0.2) is 14.3 Å². The Morgan fingerprint density at radius 1 is 1.10 bits per heavy atom. The third-order valence-electron chi connectivity index (χ3n) is 6.09. The summed E-state index contributed by atoms with van der Waals surface area (Å²) >= 11 is 0. The van der Waals surface area contributed by atoms with E-state index in [0.29, 0.717) is 34.4 Å². The van der Waals surface area contributed by atoms with Gasteiger partial charge in [0.05, 0.1) is 18.8 Å². The van der Waals surface area contributed by atoms with Gasteiger partial charge in [-0.15, -0.1) is 0 Å². The molecule has 0 unspecified atom stereocenters. The molecule has 0 aliphatic heterocycles. The second-order valence-electron chi connectivity index (χ2n) is 8.89. The van der Waals surface area contributed by atoms with Gasteiger partial charge in [-0.05, 0) is 60.4 Å². The van der Waals surface area contributed by atoms with E-state index in [1.807, 2.05) is 0 Å². The topological polar surface area (TPSA) is 101 Å². The van der Waals surface area contributed by atoms with Crippen LogP contribution >= 0.6 is 0 Å². The van der Waals surface area contributed by atoms with Crippen molar-refractivity contribution >= 4 is 22.8 Å². The van der Waals surface area contributed by atoms with Gasteiger partial charge in [-0.3, -0.25) is 14.4 Å². The fourth-order valence-corrected chi connectivity index (χ4v) is 4.21. The van der Waals surface area contributed by atoms with Crippen molar-refractivity contribution < 1.29 is 37.5 Å². The number of hydrogen-bond donors (Lipinski definition) is 2. The van der Waals surface area contributed by atoms with Crippen LogP contribution in [0.15, 0.2) is 65.3 Å². The maximum atomic E-state index is 14.3. The van der Waals surface area contributed by atoms with Crippen LogP contribution in [0, 0.1) is 18.6 Å². The van der Waals surface area contributed by atoms with Crippen molar-refractivity contribution in [1.82, 2.24) is 10.4 Å². The normalized spacial score (nSPS) is 11.0. The Morgan fingerprint density at radius 2 is 1.87 bits per heavy atom. The van der Waals surface area contributed by atoms with Crippen LogP contribution in [-0.2, 0) is 16.2 Å². The molecule has 0 bridgehead atoms. The summed E-state index contributed by atoms with van der Waals surface area (Å²) in [7, 11) is 1.30.